The van der Waals surface area contributed by atoms with Gasteiger partial charge in [-0.15, -0.1) is 0 Å². The molecule has 0 rings (SSSR count). The second-order valence-electron chi connectivity index (χ2n) is 6.14. The molecule has 0 aromatic rings. The van der Waals surface area contributed by atoms with E-state index in [-0.39, 0.29) is 6.61 Å². The Morgan fingerprint density at radius 3 is 1.79 bits per heavy atom. The first-order valence-corrected chi connectivity index (χ1v) is 8.69. The van der Waals surface area contributed by atoms with Crippen molar-refractivity contribution >= 4 is 7.82 Å². The van der Waals surface area contributed by atoms with Gasteiger partial charge in [0.25, 0.3) is 7.82 Å². The van der Waals surface area contributed by atoms with Crippen LogP contribution in [0.25, 0.3) is 0 Å². The van der Waals surface area contributed by atoms with E-state index in [9.17, 15) is 9.46 Å². The first-order chi connectivity index (χ1) is 8.71. The molecule has 19 heavy (non-hydrogen) atoms. The highest BCUT2D eigenvalue weighted by Gasteiger charge is 2.05. The molecule has 6 heteroatoms. The van der Waals surface area contributed by atoms with E-state index in [4.69, 9.17) is 4.89 Å². The summed E-state index contributed by atoms with van der Waals surface area (Å²) in [5.74, 6) is 0. The number of nitrogens with zero attached hydrogens (tertiary/aromatic N) is 1. The van der Waals surface area contributed by atoms with Gasteiger partial charge in [0.15, 0.2) is 0 Å². The van der Waals surface area contributed by atoms with Gasteiger partial charge in [-0.1, -0.05) is 32.1 Å². The van der Waals surface area contributed by atoms with E-state index in [1.165, 1.54) is 38.6 Å². The molecule has 0 amide bonds. The number of unbranched alkanes of at least 4 members (excludes halogenated alkanes) is 7. The van der Waals surface area contributed by atoms with Crippen LogP contribution in [0.1, 0.15) is 51.4 Å². The number of phosphoric ester groups is 1. The molecule has 0 aliphatic rings. The average Bonchev–Trinajstić information content (AvgIpc) is 2.22. The Morgan fingerprint density at radius 2 is 1.37 bits per heavy atom. The summed E-state index contributed by atoms with van der Waals surface area (Å²) in [6.07, 6.45) is 9.05. The zero-order chi connectivity index (χ0) is 14.8. The largest absolute Gasteiger partial charge is 0.756 e. The van der Waals surface area contributed by atoms with Crippen molar-refractivity contribution in [3.8, 4) is 0 Å². The third kappa shape index (κ3) is 18.1. The molecular formula is C13H30NO4P. The lowest BCUT2D eigenvalue weighted by atomic mass is 10.1. The molecule has 0 aromatic heterocycles. The number of hydrogen-bond donors (Lipinski definition) is 1. The number of rotatable bonds is 12. The van der Waals surface area contributed by atoms with Crippen molar-refractivity contribution in [1.82, 2.24) is 0 Å². The van der Waals surface area contributed by atoms with Crippen LogP contribution in [-0.2, 0) is 9.09 Å². The maximum Gasteiger partial charge on any atom is 0.265 e. The first kappa shape index (κ1) is 19.1. The molecule has 0 bridgehead atoms. The molecule has 5 nitrogen and oxygen atoms in total. The molecule has 0 aliphatic carbocycles. The van der Waals surface area contributed by atoms with Crippen LogP contribution in [0.5, 0.6) is 0 Å². The van der Waals surface area contributed by atoms with E-state index >= 15 is 0 Å². The van der Waals surface area contributed by atoms with E-state index in [0.717, 1.165) is 17.3 Å². The summed E-state index contributed by atoms with van der Waals surface area (Å²) in [5, 5.41) is 0. The lowest BCUT2D eigenvalue weighted by molar-refractivity contribution is -0.870. The molecule has 0 heterocycles. The van der Waals surface area contributed by atoms with Gasteiger partial charge < -0.3 is 18.8 Å². The Labute approximate surface area is 117 Å². The van der Waals surface area contributed by atoms with Crippen molar-refractivity contribution in [2.75, 3.05) is 34.3 Å². The summed E-state index contributed by atoms with van der Waals surface area (Å²) in [6.45, 7) is 1.33. The molecule has 0 radical (unpaired) electrons. The van der Waals surface area contributed by atoms with Gasteiger partial charge in [-0.3, -0.25) is 4.57 Å². The van der Waals surface area contributed by atoms with Crippen LogP contribution < -0.4 is 4.89 Å². The zero-order valence-corrected chi connectivity index (χ0v) is 13.5. The predicted molar refractivity (Wildman–Crippen MR) is 75.6 cm³/mol. The van der Waals surface area contributed by atoms with Crippen molar-refractivity contribution < 1.29 is 23.4 Å². The summed E-state index contributed by atoms with van der Waals surface area (Å²) in [4.78, 5) is 18.7. The van der Waals surface area contributed by atoms with Crippen LogP contribution in [0.3, 0.4) is 0 Å². The Balaban J connectivity index is 3.14. The van der Waals surface area contributed by atoms with Gasteiger partial charge in [-0.05, 0) is 19.3 Å². The molecule has 0 fully saturated rings. The van der Waals surface area contributed by atoms with Crippen molar-refractivity contribution in [2.24, 2.45) is 0 Å². The SMILES string of the molecule is C[N+](C)(C)CCCCCCCCCCOP(=O)([O-])O. The van der Waals surface area contributed by atoms with Crippen LogP contribution in [0, 0.1) is 0 Å². The lowest BCUT2D eigenvalue weighted by Gasteiger charge is -2.23. The van der Waals surface area contributed by atoms with E-state index in [2.05, 4.69) is 25.7 Å². The molecule has 0 aliphatic heterocycles. The van der Waals surface area contributed by atoms with Crippen molar-refractivity contribution in [2.45, 2.75) is 51.4 Å². The molecule has 1 atom stereocenters. The van der Waals surface area contributed by atoms with Crippen molar-refractivity contribution in [3.63, 3.8) is 0 Å². The maximum absolute atomic E-state index is 10.3. The highest BCUT2D eigenvalue weighted by Crippen LogP contribution is 2.30. The van der Waals surface area contributed by atoms with E-state index < -0.39 is 7.82 Å². The molecule has 1 N–H and O–H groups in total. The van der Waals surface area contributed by atoms with Gasteiger partial charge in [0, 0.05) is 0 Å². The van der Waals surface area contributed by atoms with E-state index in [1.807, 2.05) is 0 Å². The number of quaternary nitrogens is 1. The summed E-state index contributed by atoms with van der Waals surface area (Å²) in [6, 6.07) is 0. The molecule has 1 unspecified atom stereocenters. The minimum absolute atomic E-state index is 0.0980. The van der Waals surface area contributed by atoms with Crippen molar-refractivity contribution in [3.05, 3.63) is 0 Å². The third-order valence-electron chi connectivity index (χ3n) is 2.98. The Kier molecular flexibility index (Phi) is 9.93. The van der Waals surface area contributed by atoms with E-state index in [1.54, 1.807) is 0 Å². The van der Waals surface area contributed by atoms with Crippen LogP contribution >= 0.6 is 7.82 Å². The van der Waals surface area contributed by atoms with Gasteiger partial charge in [0.2, 0.25) is 0 Å². The Hall–Kier alpha value is 0.0700. The Bertz CT molecular complexity index is 260. The van der Waals surface area contributed by atoms with Gasteiger partial charge in [-0.2, -0.15) is 0 Å². The van der Waals surface area contributed by atoms with Gasteiger partial charge >= 0.3 is 0 Å². The third-order valence-corrected chi connectivity index (χ3v) is 3.49. The number of phosphoric acid groups is 1. The predicted octanol–water partition coefficient (Wildman–Crippen LogP) is 2.29. The molecular weight excluding hydrogens is 265 g/mol. The molecule has 0 saturated heterocycles. The lowest BCUT2D eigenvalue weighted by Crippen LogP contribution is -2.35. The van der Waals surface area contributed by atoms with Gasteiger partial charge in [0.05, 0.1) is 34.3 Å². The monoisotopic (exact) mass is 295 g/mol. The molecule has 0 spiro atoms. The highest BCUT2D eigenvalue weighted by molar-refractivity contribution is 7.44. The summed E-state index contributed by atoms with van der Waals surface area (Å²) < 4.78 is 15.6. The fourth-order valence-electron chi connectivity index (χ4n) is 1.93. The summed E-state index contributed by atoms with van der Waals surface area (Å²) in [5.41, 5.74) is 0. The van der Waals surface area contributed by atoms with Gasteiger partial charge in [-0.25, -0.2) is 0 Å². The van der Waals surface area contributed by atoms with Crippen LogP contribution in [0.2, 0.25) is 0 Å². The normalized spacial score (nSPS) is 15.4. The highest BCUT2D eigenvalue weighted by atomic mass is 31.2. The second kappa shape index (κ2) is 9.89. The zero-order valence-electron chi connectivity index (χ0n) is 12.6. The topological polar surface area (TPSA) is 69.6 Å². The standard InChI is InChI=1S/C13H30NO4P/c1-14(2,3)12-10-8-6-4-5-7-9-11-13-18-19(15,16)17/h4-13H2,1-3H3,(H-,15,16,17). The minimum Gasteiger partial charge on any atom is -0.756 e. The molecule has 0 saturated carbocycles. The maximum atomic E-state index is 10.3. The summed E-state index contributed by atoms with van der Waals surface area (Å²) >= 11 is 0. The minimum atomic E-state index is -4.51. The van der Waals surface area contributed by atoms with Gasteiger partial charge in [0.1, 0.15) is 0 Å². The first-order valence-electron chi connectivity index (χ1n) is 7.19. The number of hydrogen-bond acceptors (Lipinski definition) is 3. The fourth-order valence-corrected chi connectivity index (χ4v) is 2.29. The molecule has 116 valence electrons. The quantitative estimate of drug-likeness (QED) is 0.341. The van der Waals surface area contributed by atoms with Crippen LogP contribution in [0.4, 0.5) is 0 Å². The van der Waals surface area contributed by atoms with Crippen LogP contribution in [-0.4, -0.2) is 43.7 Å². The van der Waals surface area contributed by atoms with Crippen molar-refractivity contribution in [1.29, 1.82) is 0 Å². The fraction of sp³-hybridized carbons (Fsp3) is 1.00. The average molecular weight is 295 g/mol. The Morgan fingerprint density at radius 1 is 0.947 bits per heavy atom. The van der Waals surface area contributed by atoms with Crippen LogP contribution in [0.15, 0.2) is 0 Å². The summed E-state index contributed by atoms with van der Waals surface area (Å²) in [7, 11) is 2.15. The second-order valence-corrected chi connectivity index (χ2v) is 7.34. The molecule has 0 aromatic carbocycles. The van der Waals surface area contributed by atoms with E-state index in [0.29, 0.717) is 6.42 Å². The smallest absolute Gasteiger partial charge is 0.265 e.